The number of fused-ring (bicyclic) bond motifs is 5. The first kappa shape index (κ1) is 23.1. The van der Waals surface area contributed by atoms with Gasteiger partial charge in [0.1, 0.15) is 0 Å². The molecule has 1 N–H and O–H groups in total. The molecule has 6 atom stereocenters. The minimum absolute atomic E-state index is 0.0505. The highest BCUT2D eigenvalue weighted by molar-refractivity contribution is 9.12. The van der Waals surface area contributed by atoms with Gasteiger partial charge >= 0.3 is 5.97 Å². The number of halogens is 2. The van der Waals surface area contributed by atoms with Crippen LogP contribution in [0.3, 0.4) is 0 Å². The molecule has 1 saturated heterocycles. The second kappa shape index (κ2) is 9.05. The summed E-state index contributed by atoms with van der Waals surface area (Å²) in [4.78, 5) is 62.7. The van der Waals surface area contributed by atoms with E-state index in [0.717, 1.165) is 6.42 Å². The number of rotatable bonds is 7. The van der Waals surface area contributed by atoms with Crippen LogP contribution in [0.15, 0.2) is 24.3 Å². The number of carbonyl (C=O) groups is 5. The van der Waals surface area contributed by atoms with Crippen LogP contribution in [0.5, 0.6) is 0 Å². The molecule has 3 amide bonds. The predicted octanol–water partition coefficient (Wildman–Crippen LogP) is 2.54. The van der Waals surface area contributed by atoms with Gasteiger partial charge in [-0.25, -0.2) is 0 Å². The average Bonchev–Trinajstić information content (AvgIpc) is 3.36. The lowest BCUT2D eigenvalue weighted by atomic mass is 9.81. The standard InChI is InChI=1S/C22H22Br2N2O6/c1-10(27)11-3-2-4-12(7-11)25-15(28)9-32-16(29)5-6-26-21(30)17-13-8-14(18(17)22(26)31)20(24)19(13)23/h2-4,7,13-14,17-20H,5-6,8-9H2,1H3,(H,25,28)/t13-,14-,17-,18+,19-,20+/m1/s1. The quantitative estimate of drug-likeness (QED) is 0.234. The third-order valence-corrected chi connectivity index (χ3v) is 9.74. The van der Waals surface area contributed by atoms with E-state index in [1.165, 1.54) is 17.9 Å². The summed E-state index contributed by atoms with van der Waals surface area (Å²) in [6.45, 7) is 0.870. The fraction of sp³-hybridized carbons (Fsp3) is 0.500. The monoisotopic (exact) mass is 568 g/mol. The van der Waals surface area contributed by atoms with Gasteiger partial charge in [-0.2, -0.15) is 0 Å². The van der Waals surface area contributed by atoms with E-state index in [-0.39, 0.29) is 63.9 Å². The van der Waals surface area contributed by atoms with Crippen molar-refractivity contribution in [1.82, 2.24) is 4.90 Å². The van der Waals surface area contributed by atoms with E-state index in [2.05, 4.69) is 37.2 Å². The first-order valence-electron chi connectivity index (χ1n) is 10.4. The van der Waals surface area contributed by atoms with Gasteiger partial charge in [-0.15, -0.1) is 0 Å². The van der Waals surface area contributed by atoms with E-state index in [1.807, 2.05) is 0 Å². The molecule has 170 valence electrons. The summed E-state index contributed by atoms with van der Waals surface area (Å²) in [6.07, 6.45) is 0.674. The molecule has 0 radical (unpaired) electrons. The van der Waals surface area contributed by atoms with Crippen LogP contribution >= 0.6 is 31.9 Å². The molecule has 0 aromatic heterocycles. The Morgan fingerprint density at radius 3 is 2.31 bits per heavy atom. The number of esters is 1. The number of benzene rings is 1. The van der Waals surface area contributed by atoms with Crippen molar-refractivity contribution in [3.05, 3.63) is 29.8 Å². The van der Waals surface area contributed by atoms with Gasteiger partial charge in [-0.05, 0) is 37.3 Å². The number of imide groups is 1. The maximum absolute atomic E-state index is 12.8. The summed E-state index contributed by atoms with van der Waals surface area (Å²) in [7, 11) is 0. The van der Waals surface area contributed by atoms with Gasteiger partial charge in [-0.1, -0.05) is 44.0 Å². The Labute approximate surface area is 201 Å². The minimum atomic E-state index is -0.671. The van der Waals surface area contributed by atoms with Crippen molar-refractivity contribution in [3.63, 3.8) is 0 Å². The molecule has 2 aliphatic carbocycles. The number of alkyl halides is 2. The molecule has 2 saturated carbocycles. The van der Waals surface area contributed by atoms with Gasteiger partial charge in [0.15, 0.2) is 12.4 Å². The van der Waals surface area contributed by atoms with Crippen molar-refractivity contribution in [2.45, 2.75) is 29.4 Å². The van der Waals surface area contributed by atoms with Crippen LogP contribution in [-0.2, 0) is 23.9 Å². The zero-order valence-electron chi connectivity index (χ0n) is 17.3. The third-order valence-electron chi connectivity index (χ3n) is 6.54. The summed E-state index contributed by atoms with van der Waals surface area (Å²) in [6, 6.07) is 6.43. The molecule has 1 aromatic rings. The number of Topliss-reactive ketones (excluding diaryl/α,β-unsaturated/α-hetero) is 1. The highest BCUT2D eigenvalue weighted by Gasteiger charge is 2.66. The Morgan fingerprint density at radius 1 is 1.09 bits per heavy atom. The van der Waals surface area contributed by atoms with Crippen molar-refractivity contribution in [1.29, 1.82) is 0 Å². The van der Waals surface area contributed by atoms with Crippen molar-refractivity contribution in [3.8, 4) is 0 Å². The van der Waals surface area contributed by atoms with Gasteiger partial charge in [-0.3, -0.25) is 28.9 Å². The Hall–Kier alpha value is -2.07. The van der Waals surface area contributed by atoms with E-state index < -0.39 is 18.5 Å². The van der Waals surface area contributed by atoms with Gasteiger partial charge in [0.05, 0.1) is 18.3 Å². The summed E-state index contributed by atoms with van der Waals surface area (Å²) in [5.41, 5.74) is 0.874. The zero-order chi connectivity index (χ0) is 23.2. The van der Waals surface area contributed by atoms with Crippen LogP contribution in [0.4, 0.5) is 5.69 Å². The van der Waals surface area contributed by atoms with Gasteiger partial charge in [0, 0.05) is 27.4 Å². The smallest absolute Gasteiger partial charge is 0.308 e. The van der Waals surface area contributed by atoms with Crippen molar-refractivity contribution >= 4 is 67.0 Å². The Balaban J connectivity index is 1.25. The molecule has 1 aliphatic heterocycles. The molecule has 3 fully saturated rings. The lowest BCUT2D eigenvalue weighted by Crippen LogP contribution is -2.37. The van der Waals surface area contributed by atoms with Crippen LogP contribution in [-0.4, -0.2) is 57.2 Å². The fourth-order valence-corrected chi connectivity index (χ4v) is 6.94. The number of nitrogens with zero attached hydrogens (tertiary/aromatic N) is 1. The number of likely N-dealkylation sites (tertiary alicyclic amines) is 1. The predicted molar refractivity (Wildman–Crippen MR) is 121 cm³/mol. The van der Waals surface area contributed by atoms with Crippen molar-refractivity contribution in [2.24, 2.45) is 23.7 Å². The summed E-state index contributed by atoms with van der Waals surface area (Å²) in [5.74, 6) is -2.19. The van der Waals surface area contributed by atoms with Crippen molar-refractivity contribution < 1.29 is 28.7 Å². The summed E-state index contributed by atoms with van der Waals surface area (Å²) >= 11 is 7.28. The lowest BCUT2D eigenvalue weighted by molar-refractivity contribution is -0.149. The second-order valence-electron chi connectivity index (χ2n) is 8.43. The topological polar surface area (TPSA) is 110 Å². The summed E-state index contributed by atoms with van der Waals surface area (Å²) < 4.78 is 4.98. The molecule has 1 heterocycles. The molecule has 3 aliphatic rings. The van der Waals surface area contributed by atoms with E-state index >= 15 is 0 Å². The molecular formula is C22H22Br2N2O6. The van der Waals surface area contributed by atoms with Gasteiger partial charge < -0.3 is 10.1 Å². The molecule has 32 heavy (non-hydrogen) atoms. The molecule has 4 rings (SSSR count). The van der Waals surface area contributed by atoms with Crippen LogP contribution in [0.25, 0.3) is 0 Å². The van der Waals surface area contributed by atoms with Crippen LogP contribution < -0.4 is 5.32 Å². The number of ketones is 1. The maximum Gasteiger partial charge on any atom is 0.308 e. The third kappa shape index (κ3) is 4.14. The van der Waals surface area contributed by atoms with Crippen LogP contribution in [0.1, 0.15) is 30.1 Å². The fourth-order valence-electron chi connectivity index (χ4n) is 5.07. The highest BCUT2D eigenvalue weighted by atomic mass is 79.9. The molecule has 2 bridgehead atoms. The van der Waals surface area contributed by atoms with Crippen molar-refractivity contribution in [2.75, 3.05) is 18.5 Å². The van der Waals surface area contributed by atoms with E-state index in [1.54, 1.807) is 18.2 Å². The minimum Gasteiger partial charge on any atom is -0.456 e. The maximum atomic E-state index is 12.8. The first-order chi connectivity index (χ1) is 15.2. The normalized spacial score (nSPS) is 30.4. The molecule has 8 nitrogen and oxygen atoms in total. The number of amides is 3. The highest BCUT2D eigenvalue weighted by Crippen LogP contribution is 2.60. The van der Waals surface area contributed by atoms with E-state index in [9.17, 15) is 24.0 Å². The number of anilines is 1. The number of carbonyl (C=O) groups excluding carboxylic acids is 5. The number of nitrogens with one attached hydrogen (secondary N) is 1. The molecule has 10 heteroatoms. The number of hydrogen-bond donors (Lipinski definition) is 1. The molecule has 0 spiro atoms. The number of ether oxygens (including phenoxy) is 1. The van der Waals surface area contributed by atoms with E-state index in [4.69, 9.17) is 4.74 Å². The van der Waals surface area contributed by atoms with Crippen LogP contribution in [0, 0.1) is 23.7 Å². The molecular weight excluding hydrogens is 548 g/mol. The largest absolute Gasteiger partial charge is 0.456 e. The Morgan fingerprint density at radius 2 is 1.72 bits per heavy atom. The number of hydrogen-bond acceptors (Lipinski definition) is 6. The average molecular weight is 570 g/mol. The van der Waals surface area contributed by atoms with E-state index in [0.29, 0.717) is 11.3 Å². The SMILES string of the molecule is CC(=O)c1cccc(NC(=O)COC(=O)CCN2C(=O)[C@@H]3[C@H]4C[C@@H]([C@H](Br)[C@@H]4Br)[C@@H]3C2=O)c1. The molecule has 1 aromatic carbocycles. The molecule has 0 unspecified atom stereocenters. The van der Waals surface area contributed by atoms with Gasteiger partial charge in [0.2, 0.25) is 11.8 Å². The Kier molecular flexibility index (Phi) is 6.53. The van der Waals surface area contributed by atoms with Gasteiger partial charge in [0.25, 0.3) is 5.91 Å². The zero-order valence-corrected chi connectivity index (χ0v) is 20.4. The van der Waals surface area contributed by atoms with Crippen LogP contribution in [0.2, 0.25) is 0 Å². The first-order valence-corrected chi connectivity index (χ1v) is 12.2. The Bertz CT molecular complexity index is 966. The second-order valence-corrected chi connectivity index (χ2v) is 10.5. The lowest BCUT2D eigenvalue weighted by Gasteiger charge is -2.28. The summed E-state index contributed by atoms with van der Waals surface area (Å²) in [5, 5.41) is 2.56.